The lowest BCUT2D eigenvalue weighted by atomic mass is 9.76. The maximum atomic E-state index is 11.4. The zero-order chi connectivity index (χ0) is 27.2. The third-order valence-corrected chi connectivity index (χ3v) is 8.09. The van der Waals surface area contributed by atoms with Crippen molar-refractivity contribution in [1.29, 1.82) is 0 Å². The quantitative estimate of drug-likeness (QED) is 0.233. The molecular formula is C30H37N7O2. The summed E-state index contributed by atoms with van der Waals surface area (Å²) in [7, 11) is 0. The molecule has 204 valence electrons. The number of tetrazole rings is 1. The van der Waals surface area contributed by atoms with E-state index in [4.69, 9.17) is 10.1 Å². The summed E-state index contributed by atoms with van der Waals surface area (Å²) >= 11 is 0. The summed E-state index contributed by atoms with van der Waals surface area (Å²) < 4.78 is 2.08. The Labute approximate surface area is 229 Å². The summed E-state index contributed by atoms with van der Waals surface area (Å²) in [6, 6.07) is 16.6. The molecule has 0 spiro atoms. The Morgan fingerprint density at radius 2 is 1.79 bits per heavy atom. The number of aryl methyl sites for hydroxylation is 1. The minimum atomic E-state index is -0.661. The third-order valence-electron chi connectivity index (χ3n) is 8.09. The molecule has 0 saturated heterocycles. The molecule has 9 nitrogen and oxygen atoms in total. The Kier molecular flexibility index (Phi) is 8.44. The first-order valence-corrected chi connectivity index (χ1v) is 14.1. The van der Waals surface area contributed by atoms with Crippen LogP contribution in [0.4, 0.5) is 0 Å². The number of benzene rings is 2. The molecular weight excluding hydrogens is 490 g/mol. The van der Waals surface area contributed by atoms with E-state index < -0.39 is 5.97 Å². The normalized spacial score (nSPS) is 18.2. The van der Waals surface area contributed by atoms with Crippen LogP contribution in [0.25, 0.3) is 22.5 Å². The second-order valence-corrected chi connectivity index (χ2v) is 10.7. The van der Waals surface area contributed by atoms with Gasteiger partial charge in [-0.25, -0.2) is 9.67 Å². The Morgan fingerprint density at radius 1 is 1.05 bits per heavy atom. The smallest absolute Gasteiger partial charge is 0.306 e. The monoisotopic (exact) mass is 527 g/mol. The molecule has 1 aliphatic rings. The molecule has 5 rings (SSSR count). The van der Waals surface area contributed by atoms with Gasteiger partial charge in [-0.2, -0.15) is 10.3 Å². The summed E-state index contributed by atoms with van der Waals surface area (Å²) in [5.74, 6) is 2.29. The molecule has 1 unspecified atom stereocenters. The number of hydrogen-bond acceptors (Lipinski definition) is 6. The third kappa shape index (κ3) is 6.24. The van der Waals surface area contributed by atoms with Gasteiger partial charge in [0.1, 0.15) is 5.82 Å². The van der Waals surface area contributed by atoms with Crippen LogP contribution in [0, 0.1) is 11.8 Å². The fourth-order valence-electron chi connectivity index (χ4n) is 5.74. The number of carbonyl (C=O) groups is 1. The molecule has 9 heteroatoms. The highest BCUT2D eigenvalue weighted by Crippen LogP contribution is 2.38. The summed E-state index contributed by atoms with van der Waals surface area (Å²) in [6.07, 6.45) is 7.65. The topological polar surface area (TPSA) is 122 Å². The van der Waals surface area contributed by atoms with Crippen LogP contribution >= 0.6 is 0 Å². The van der Waals surface area contributed by atoms with Crippen LogP contribution in [-0.2, 0) is 17.8 Å². The molecule has 1 atom stereocenters. The van der Waals surface area contributed by atoms with Crippen LogP contribution in [0.15, 0.2) is 48.5 Å². The van der Waals surface area contributed by atoms with E-state index in [9.17, 15) is 9.90 Å². The van der Waals surface area contributed by atoms with Crippen LogP contribution in [0.1, 0.15) is 81.9 Å². The molecule has 0 amide bonds. The number of carboxylic acids is 1. The van der Waals surface area contributed by atoms with Crippen molar-refractivity contribution in [3.8, 4) is 22.5 Å². The van der Waals surface area contributed by atoms with E-state index in [1.165, 1.54) is 12.8 Å². The van der Waals surface area contributed by atoms with Crippen molar-refractivity contribution in [3.63, 3.8) is 0 Å². The molecule has 4 aromatic rings. The van der Waals surface area contributed by atoms with Crippen molar-refractivity contribution < 1.29 is 9.90 Å². The zero-order valence-corrected chi connectivity index (χ0v) is 22.8. The SMILES string of the molecule is CCCCCc1nc(C(C)C2CCC(C(=O)O)CC2)n(Cc2ccc(-c3ccccc3-c3nn[nH]n3)cc2)n1. The molecule has 1 aliphatic carbocycles. The molecule has 0 bridgehead atoms. The van der Waals surface area contributed by atoms with Gasteiger partial charge in [0, 0.05) is 17.9 Å². The number of aromatic amines is 1. The van der Waals surface area contributed by atoms with Crippen LogP contribution < -0.4 is 0 Å². The lowest BCUT2D eigenvalue weighted by Gasteiger charge is -2.30. The molecule has 2 N–H and O–H groups in total. The van der Waals surface area contributed by atoms with Gasteiger partial charge in [0.05, 0.1) is 12.5 Å². The number of nitrogens with one attached hydrogen (secondary N) is 1. The van der Waals surface area contributed by atoms with Gasteiger partial charge in [0.15, 0.2) is 5.82 Å². The van der Waals surface area contributed by atoms with Crippen molar-refractivity contribution in [3.05, 3.63) is 65.7 Å². The Hall–Kier alpha value is -3.88. The predicted molar refractivity (Wildman–Crippen MR) is 149 cm³/mol. The Balaban J connectivity index is 1.36. The highest BCUT2D eigenvalue weighted by Gasteiger charge is 2.31. The molecule has 39 heavy (non-hydrogen) atoms. The van der Waals surface area contributed by atoms with E-state index in [2.05, 4.69) is 69.5 Å². The Bertz CT molecular complexity index is 1360. The van der Waals surface area contributed by atoms with Gasteiger partial charge in [-0.15, -0.1) is 10.2 Å². The summed E-state index contributed by atoms with van der Waals surface area (Å²) in [4.78, 5) is 16.5. The number of carboxylic acid groups (broad SMARTS) is 1. The van der Waals surface area contributed by atoms with Crippen molar-refractivity contribution in [2.45, 2.75) is 77.7 Å². The van der Waals surface area contributed by atoms with Crippen LogP contribution in [0.5, 0.6) is 0 Å². The second-order valence-electron chi connectivity index (χ2n) is 10.7. The van der Waals surface area contributed by atoms with Gasteiger partial charge in [-0.1, -0.05) is 75.2 Å². The van der Waals surface area contributed by atoms with E-state index in [1.807, 2.05) is 18.2 Å². The van der Waals surface area contributed by atoms with Gasteiger partial charge >= 0.3 is 5.97 Å². The van der Waals surface area contributed by atoms with Gasteiger partial charge < -0.3 is 5.11 Å². The predicted octanol–water partition coefficient (Wildman–Crippen LogP) is 5.90. The standard InChI is InChI=1S/C30H37N7O2/c1-3-4-5-10-27-31-29(20(2)22-15-17-24(18-16-22)30(38)39)37(34-27)19-21-11-13-23(14-12-21)25-8-6-7-9-26(25)28-32-35-36-33-28/h6-9,11-14,20,22,24H,3-5,10,15-19H2,1-2H3,(H,38,39)(H,32,33,35,36). The van der Waals surface area contributed by atoms with Gasteiger partial charge in [-0.05, 0) is 59.9 Å². The van der Waals surface area contributed by atoms with Crippen molar-refractivity contribution in [2.24, 2.45) is 11.8 Å². The number of unbranched alkanes of at least 4 members (excludes halogenated alkanes) is 2. The number of aliphatic carboxylic acids is 1. The van der Waals surface area contributed by atoms with Crippen molar-refractivity contribution in [1.82, 2.24) is 35.4 Å². The van der Waals surface area contributed by atoms with Gasteiger partial charge in [0.25, 0.3) is 0 Å². The maximum Gasteiger partial charge on any atom is 0.306 e. The van der Waals surface area contributed by atoms with Gasteiger partial charge in [-0.3, -0.25) is 4.79 Å². The minimum Gasteiger partial charge on any atom is -0.481 e. The van der Waals surface area contributed by atoms with Crippen LogP contribution in [0.3, 0.4) is 0 Å². The first-order chi connectivity index (χ1) is 19.0. The van der Waals surface area contributed by atoms with Crippen molar-refractivity contribution in [2.75, 3.05) is 0 Å². The number of rotatable bonds is 11. The minimum absolute atomic E-state index is 0.209. The second kappa shape index (κ2) is 12.3. The molecule has 2 heterocycles. The maximum absolute atomic E-state index is 11.4. The molecule has 0 aliphatic heterocycles. The fourth-order valence-corrected chi connectivity index (χ4v) is 5.74. The van der Waals surface area contributed by atoms with E-state index >= 15 is 0 Å². The Morgan fingerprint density at radius 3 is 2.46 bits per heavy atom. The summed E-state index contributed by atoms with van der Waals surface area (Å²) in [6.45, 7) is 5.09. The molecule has 2 aromatic heterocycles. The average molecular weight is 528 g/mol. The first kappa shape index (κ1) is 26.7. The number of nitrogens with zero attached hydrogens (tertiary/aromatic N) is 6. The summed E-state index contributed by atoms with van der Waals surface area (Å²) in [5, 5.41) is 28.9. The lowest BCUT2D eigenvalue weighted by Crippen LogP contribution is -2.25. The first-order valence-electron chi connectivity index (χ1n) is 14.1. The molecule has 2 aromatic carbocycles. The van der Waals surface area contributed by atoms with Crippen LogP contribution in [0.2, 0.25) is 0 Å². The highest BCUT2D eigenvalue weighted by molar-refractivity contribution is 5.80. The van der Waals surface area contributed by atoms with Gasteiger partial charge in [0.2, 0.25) is 5.82 Å². The average Bonchev–Trinajstić information content (AvgIpc) is 3.64. The fraction of sp³-hybridized carbons (Fsp3) is 0.467. The number of hydrogen-bond donors (Lipinski definition) is 2. The summed E-state index contributed by atoms with van der Waals surface area (Å²) in [5.41, 5.74) is 4.22. The van der Waals surface area contributed by atoms with Crippen LogP contribution in [-0.4, -0.2) is 46.5 Å². The molecule has 0 radical (unpaired) electrons. The van der Waals surface area contributed by atoms with Crippen molar-refractivity contribution >= 4 is 5.97 Å². The van der Waals surface area contributed by atoms with E-state index in [1.54, 1.807) is 0 Å². The molecule has 1 saturated carbocycles. The molecule has 1 fully saturated rings. The van der Waals surface area contributed by atoms with E-state index in [0.29, 0.717) is 18.3 Å². The largest absolute Gasteiger partial charge is 0.481 e. The lowest BCUT2D eigenvalue weighted by molar-refractivity contribution is -0.143. The highest BCUT2D eigenvalue weighted by atomic mass is 16.4. The number of aromatic nitrogens is 7. The van der Waals surface area contributed by atoms with E-state index in [-0.39, 0.29) is 11.8 Å². The van der Waals surface area contributed by atoms with E-state index in [0.717, 1.165) is 72.4 Å². The number of H-pyrrole nitrogens is 1. The zero-order valence-electron chi connectivity index (χ0n) is 22.8.